The van der Waals surface area contributed by atoms with Crippen molar-refractivity contribution >= 4 is 5.69 Å². The number of nitrogens with one attached hydrogen (secondary N) is 1. The van der Waals surface area contributed by atoms with E-state index in [2.05, 4.69) is 30.4 Å². The van der Waals surface area contributed by atoms with Gasteiger partial charge in [0.05, 0.1) is 0 Å². The van der Waals surface area contributed by atoms with Gasteiger partial charge in [-0.15, -0.1) is 0 Å². The number of aryl methyl sites for hydroxylation is 1. The maximum absolute atomic E-state index is 6.08. The maximum atomic E-state index is 6.08. The summed E-state index contributed by atoms with van der Waals surface area (Å²) >= 11 is 0. The monoisotopic (exact) mass is 176 g/mol. The molecule has 0 saturated carbocycles. The van der Waals surface area contributed by atoms with Crippen LogP contribution in [0, 0.1) is 6.92 Å². The van der Waals surface area contributed by atoms with E-state index in [0.717, 1.165) is 19.4 Å². The minimum absolute atomic E-state index is 0.213. The SMILES string of the molecule is Cc1ccc2c(c1)C(N)CCCN2. The Hall–Kier alpha value is -1.02. The average molecular weight is 176 g/mol. The third-order valence-electron chi connectivity index (χ3n) is 2.61. The Morgan fingerprint density at radius 1 is 1.46 bits per heavy atom. The molecule has 1 aromatic carbocycles. The second kappa shape index (κ2) is 3.38. The van der Waals surface area contributed by atoms with E-state index >= 15 is 0 Å². The van der Waals surface area contributed by atoms with Crippen molar-refractivity contribution in [2.75, 3.05) is 11.9 Å². The lowest BCUT2D eigenvalue weighted by Gasteiger charge is -2.12. The van der Waals surface area contributed by atoms with Crippen LogP contribution in [0.1, 0.15) is 30.0 Å². The summed E-state index contributed by atoms with van der Waals surface area (Å²) in [5, 5.41) is 3.40. The van der Waals surface area contributed by atoms with Crippen LogP contribution in [-0.2, 0) is 0 Å². The molecular weight excluding hydrogens is 160 g/mol. The second-order valence-electron chi connectivity index (χ2n) is 3.77. The number of hydrogen-bond donors (Lipinski definition) is 2. The van der Waals surface area contributed by atoms with Gasteiger partial charge in [-0.25, -0.2) is 0 Å². The molecule has 0 amide bonds. The molecule has 1 heterocycles. The quantitative estimate of drug-likeness (QED) is 0.636. The maximum Gasteiger partial charge on any atom is 0.0388 e. The van der Waals surface area contributed by atoms with Gasteiger partial charge in [-0.3, -0.25) is 0 Å². The number of benzene rings is 1. The fourth-order valence-electron chi connectivity index (χ4n) is 1.85. The van der Waals surface area contributed by atoms with Crippen molar-refractivity contribution in [2.24, 2.45) is 5.73 Å². The zero-order valence-electron chi connectivity index (χ0n) is 8.01. The molecule has 2 heteroatoms. The summed E-state index contributed by atoms with van der Waals surface area (Å²) in [6, 6.07) is 6.67. The van der Waals surface area contributed by atoms with E-state index in [1.165, 1.54) is 16.8 Å². The van der Waals surface area contributed by atoms with Gasteiger partial charge in [0.1, 0.15) is 0 Å². The molecule has 0 bridgehead atoms. The molecule has 0 fully saturated rings. The molecule has 3 N–H and O–H groups in total. The molecule has 1 aromatic rings. The Balaban J connectivity index is 2.43. The zero-order chi connectivity index (χ0) is 9.26. The van der Waals surface area contributed by atoms with Gasteiger partial charge >= 0.3 is 0 Å². The minimum Gasteiger partial charge on any atom is -0.385 e. The van der Waals surface area contributed by atoms with Crippen molar-refractivity contribution in [3.8, 4) is 0 Å². The molecule has 70 valence electrons. The molecule has 13 heavy (non-hydrogen) atoms. The summed E-state index contributed by atoms with van der Waals surface area (Å²) in [5.41, 5.74) is 9.86. The van der Waals surface area contributed by atoms with Crippen LogP contribution in [0.25, 0.3) is 0 Å². The van der Waals surface area contributed by atoms with Crippen LogP contribution >= 0.6 is 0 Å². The molecule has 1 unspecified atom stereocenters. The van der Waals surface area contributed by atoms with Gasteiger partial charge < -0.3 is 11.1 Å². The highest BCUT2D eigenvalue weighted by Crippen LogP contribution is 2.28. The van der Waals surface area contributed by atoms with Crippen LogP contribution in [0.15, 0.2) is 18.2 Å². The minimum atomic E-state index is 0.213. The lowest BCUT2D eigenvalue weighted by molar-refractivity contribution is 0.642. The molecule has 0 aromatic heterocycles. The van der Waals surface area contributed by atoms with E-state index < -0.39 is 0 Å². The Morgan fingerprint density at radius 2 is 2.31 bits per heavy atom. The number of hydrogen-bond acceptors (Lipinski definition) is 2. The second-order valence-corrected chi connectivity index (χ2v) is 3.77. The first-order valence-corrected chi connectivity index (χ1v) is 4.87. The number of rotatable bonds is 0. The third-order valence-corrected chi connectivity index (χ3v) is 2.61. The molecule has 2 nitrogen and oxygen atoms in total. The van der Waals surface area contributed by atoms with Crippen molar-refractivity contribution in [3.63, 3.8) is 0 Å². The van der Waals surface area contributed by atoms with E-state index in [1.807, 2.05) is 0 Å². The first-order chi connectivity index (χ1) is 6.27. The lowest BCUT2D eigenvalue weighted by Crippen LogP contribution is -2.09. The smallest absolute Gasteiger partial charge is 0.0388 e. The van der Waals surface area contributed by atoms with E-state index in [0.29, 0.717) is 0 Å². The fraction of sp³-hybridized carbons (Fsp3) is 0.455. The van der Waals surface area contributed by atoms with Gasteiger partial charge in [0.15, 0.2) is 0 Å². The lowest BCUT2D eigenvalue weighted by atomic mass is 10.0. The van der Waals surface area contributed by atoms with Crippen LogP contribution in [-0.4, -0.2) is 6.54 Å². The van der Waals surface area contributed by atoms with E-state index in [1.54, 1.807) is 0 Å². The van der Waals surface area contributed by atoms with Gasteiger partial charge in [-0.05, 0) is 31.4 Å². The van der Waals surface area contributed by atoms with Gasteiger partial charge in [0.25, 0.3) is 0 Å². The summed E-state index contributed by atoms with van der Waals surface area (Å²) in [7, 11) is 0. The molecule has 0 radical (unpaired) electrons. The number of anilines is 1. The normalized spacial score (nSPS) is 21.5. The predicted octanol–water partition coefficient (Wildman–Crippen LogP) is 2.20. The van der Waals surface area contributed by atoms with Crippen molar-refractivity contribution in [2.45, 2.75) is 25.8 Å². The van der Waals surface area contributed by atoms with Gasteiger partial charge in [-0.1, -0.05) is 17.7 Å². The van der Waals surface area contributed by atoms with Gasteiger partial charge in [0, 0.05) is 18.3 Å². The summed E-state index contributed by atoms with van der Waals surface area (Å²) in [6.45, 7) is 3.15. The first-order valence-electron chi connectivity index (χ1n) is 4.87. The van der Waals surface area contributed by atoms with Crippen LogP contribution in [0.5, 0.6) is 0 Å². The summed E-state index contributed by atoms with van der Waals surface area (Å²) < 4.78 is 0. The summed E-state index contributed by atoms with van der Waals surface area (Å²) in [5.74, 6) is 0. The molecule has 0 saturated heterocycles. The third kappa shape index (κ3) is 1.68. The molecule has 0 aliphatic carbocycles. The van der Waals surface area contributed by atoms with Crippen LogP contribution in [0.3, 0.4) is 0 Å². The standard InChI is InChI=1S/C11H16N2/c1-8-4-5-11-9(7-8)10(12)3-2-6-13-11/h4-5,7,10,13H,2-3,6,12H2,1H3. The van der Waals surface area contributed by atoms with Crippen LogP contribution < -0.4 is 11.1 Å². The molecular formula is C11H16N2. The highest BCUT2D eigenvalue weighted by atomic mass is 14.9. The summed E-state index contributed by atoms with van der Waals surface area (Å²) in [6.07, 6.45) is 2.25. The van der Waals surface area contributed by atoms with Crippen LogP contribution in [0.4, 0.5) is 5.69 Å². The molecule has 0 spiro atoms. The largest absolute Gasteiger partial charge is 0.385 e. The van der Waals surface area contributed by atoms with Gasteiger partial charge in [0.2, 0.25) is 0 Å². The number of fused-ring (bicyclic) bond motifs is 1. The van der Waals surface area contributed by atoms with Crippen molar-refractivity contribution < 1.29 is 0 Å². The van der Waals surface area contributed by atoms with Crippen molar-refractivity contribution in [1.29, 1.82) is 0 Å². The number of nitrogens with two attached hydrogens (primary N) is 1. The molecule has 1 atom stereocenters. The predicted molar refractivity (Wildman–Crippen MR) is 55.8 cm³/mol. The topological polar surface area (TPSA) is 38.0 Å². The average Bonchev–Trinajstić information content (AvgIpc) is 2.29. The summed E-state index contributed by atoms with van der Waals surface area (Å²) in [4.78, 5) is 0. The zero-order valence-corrected chi connectivity index (χ0v) is 8.01. The fourth-order valence-corrected chi connectivity index (χ4v) is 1.85. The van der Waals surface area contributed by atoms with E-state index in [4.69, 9.17) is 5.73 Å². The van der Waals surface area contributed by atoms with Crippen LogP contribution in [0.2, 0.25) is 0 Å². The first kappa shape index (κ1) is 8.57. The highest BCUT2D eigenvalue weighted by Gasteiger charge is 2.14. The highest BCUT2D eigenvalue weighted by molar-refractivity contribution is 5.54. The Bertz CT molecular complexity index is 307. The molecule has 1 aliphatic rings. The van der Waals surface area contributed by atoms with Crippen molar-refractivity contribution in [3.05, 3.63) is 29.3 Å². The van der Waals surface area contributed by atoms with Gasteiger partial charge in [-0.2, -0.15) is 0 Å². The Morgan fingerprint density at radius 3 is 3.15 bits per heavy atom. The van der Waals surface area contributed by atoms with Crippen molar-refractivity contribution in [1.82, 2.24) is 0 Å². The Kier molecular flexibility index (Phi) is 2.23. The molecule has 2 rings (SSSR count). The van der Waals surface area contributed by atoms with E-state index in [-0.39, 0.29) is 6.04 Å². The Labute approximate surface area is 79.1 Å². The molecule has 1 aliphatic heterocycles. The van der Waals surface area contributed by atoms with E-state index in [9.17, 15) is 0 Å².